The predicted molar refractivity (Wildman–Crippen MR) is 77.8 cm³/mol. The second-order valence-corrected chi connectivity index (χ2v) is 5.67. The van der Waals surface area contributed by atoms with Crippen LogP contribution in [0.15, 0.2) is 36.4 Å². The lowest BCUT2D eigenvalue weighted by Gasteiger charge is -2.31. The fraction of sp³-hybridized carbons (Fsp3) is 0.200. The van der Waals surface area contributed by atoms with Crippen molar-refractivity contribution >= 4 is 23.2 Å². The van der Waals surface area contributed by atoms with E-state index in [1.165, 1.54) is 12.1 Å². The van der Waals surface area contributed by atoms with Gasteiger partial charge < -0.3 is 10.5 Å². The van der Waals surface area contributed by atoms with Crippen LogP contribution in [0.2, 0.25) is 10.0 Å². The zero-order valence-electron chi connectivity index (χ0n) is 10.4. The van der Waals surface area contributed by atoms with Crippen molar-refractivity contribution in [3.05, 3.63) is 63.4 Å². The van der Waals surface area contributed by atoms with E-state index in [0.29, 0.717) is 27.8 Å². The Balaban J connectivity index is 1.99. The van der Waals surface area contributed by atoms with Crippen LogP contribution in [0.1, 0.15) is 29.7 Å². The molecule has 2 N–H and O–H groups in total. The smallest absolute Gasteiger partial charge is 0.130 e. The predicted octanol–water partition coefficient (Wildman–Crippen LogP) is 4.66. The van der Waals surface area contributed by atoms with Gasteiger partial charge >= 0.3 is 0 Å². The molecule has 0 radical (unpaired) electrons. The van der Waals surface area contributed by atoms with Crippen molar-refractivity contribution in [2.45, 2.75) is 18.6 Å². The largest absolute Gasteiger partial charge is 0.485 e. The van der Waals surface area contributed by atoms with Crippen LogP contribution >= 0.6 is 23.2 Å². The number of ether oxygens (including phenoxy) is 1. The highest BCUT2D eigenvalue weighted by atomic mass is 35.5. The van der Waals surface area contributed by atoms with Crippen LogP contribution in [-0.4, -0.2) is 0 Å². The first kappa shape index (κ1) is 13.7. The summed E-state index contributed by atoms with van der Waals surface area (Å²) in [6.45, 7) is 0. The molecule has 0 amide bonds. The van der Waals surface area contributed by atoms with Gasteiger partial charge in [0.1, 0.15) is 17.7 Å². The molecule has 5 heteroatoms. The van der Waals surface area contributed by atoms with E-state index < -0.39 is 6.10 Å². The van der Waals surface area contributed by atoms with Gasteiger partial charge in [0, 0.05) is 33.6 Å². The summed E-state index contributed by atoms with van der Waals surface area (Å²) in [4.78, 5) is 0. The van der Waals surface area contributed by atoms with Gasteiger partial charge in [-0.05, 0) is 36.4 Å². The summed E-state index contributed by atoms with van der Waals surface area (Å²) in [6.07, 6.45) is 0.0299. The van der Waals surface area contributed by atoms with Crippen LogP contribution in [0.25, 0.3) is 0 Å². The Morgan fingerprint density at radius 3 is 2.45 bits per heavy atom. The molecule has 1 aliphatic rings. The minimum absolute atomic E-state index is 0.249. The third kappa shape index (κ3) is 2.49. The lowest BCUT2D eigenvalue weighted by Crippen LogP contribution is -2.24. The number of hydrogen-bond acceptors (Lipinski definition) is 2. The third-order valence-corrected chi connectivity index (χ3v) is 3.88. The molecule has 0 saturated heterocycles. The average Bonchev–Trinajstić information content (AvgIpc) is 2.42. The van der Waals surface area contributed by atoms with E-state index >= 15 is 0 Å². The van der Waals surface area contributed by atoms with Gasteiger partial charge in [-0.2, -0.15) is 0 Å². The zero-order chi connectivity index (χ0) is 14.3. The number of rotatable bonds is 1. The Hall–Kier alpha value is -1.29. The summed E-state index contributed by atoms with van der Waals surface area (Å²) in [6, 6.07) is 9.44. The Kier molecular flexibility index (Phi) is 3.59. The second kappa shape index (κ2) is 5.24. The molecule has 0 aromatic heterocycles. The molecule has 20 heavy (non-hydrogen) atoms. The van der Waals surface area contributed by atoms with Crippen LogP contribution in [0.3, 0.4) is 0 Å². The van der Waals surface area contributed by atoms with Crippen molar-refractivity contribution in [3.8, 4) is 5.75 Å². The van der Waals surface area contributed by atoms with E-state index in [2.05, 4.69) is 0 Å². The molecular formula is C15H12Cl2FNO. The Labute approximate surface area is 126 Å². The molecule has 0 spiro atoms. The Bertz CT molecular complexity index is 662. The van der Waals surface area contributed by atoms with Gasteiger partial charge in [0.2, 0.25) is 0 Å². The summed E-state index contributed by atoms with van der Waals surface area (Å²) < 4.78 is 19.8. The summed E-state index contributed by atoms with van der Waals surface area (Å²) in [5, 5.41) is 1.08. The van der Waals surface area contributed by atoms with Crippen LogP contribution in [0.4, 0.5) is 4.39 Å². The van der Waals surface area contributed by atoms with E-state index in [1.54, 1.807) is 24.3 Å². The van der Waals surface area contributed by atoms with Crippen molar-refractivity contribution in [3.63, 3.8) is 0 Å². The number of halogens is 3. The highest BCUT2D eigenvalue weighted by molar-refractivity contribution is 6.31. The number of fused-ring (bicyclic) bond motifs is 1. The second-order valence-electron chi connectivity index (χ2n) is 4.80. The lowest BCUT2D eigenvalue weighted by atomic mass is 9.93. The molecule has 2 nitrogen and oxygen atoms in total. The normalized spacial score (nSPS) is 21.2. The molecule has 104 valence electrons. The van der Waals surface area contributed by atoms with Gasteiger partial charge in [-0.15, -0.1) is 0 Å². The van der Waals surface area contributed by atoms with Gasteiger partial charge in [-0.1, -0.05) is 23.2 Å². The molecule has 0 aliphatic carbocycles. The van der Waals surface area contributed by atoms with Crippen molar-refractivity contribution in [2.75, 3.05) is 0 Å². The fourth-order valence-electron chi connectivity index (χ4n) is 2.43. The molecule has 1 aliphatic heterocycles. The van der Waals surface area contributed by atoms with Gasteiger partial charge in [0.05, 0.1) is 0 Å². The first-order valence-corrected chi connectivity index (χ1v) is 6.97. The minimum atomic E-state index is -0.447. The maximum atomic E-state index is 13.9. The highest BCUT2D eigenvalue weighted by Gasteiger charge is 2.29. The fourth-order valence-corrected chi connectivity index (χ4v) is 2.79. The molecule has 2 aromatic rings. The summed E-state index contributed by atoms with van der Waals surface area (Å²) in [5.74, 6) is 0.293. The van der Waals surface area contributed by atoms with E-state index in [0.717, 1.165) is 5.56 Å². The summed E-state index contributed by atoms with van der Waals surface area (Å²) in [5.41, 5.74) is 7.41. The van der Waals surface area contributed by atoms with Crippen LogP contribution < -0.4 is 10.5 Å². The Morgan fingerprint density at radius 1 is 1.05 bits per heavy atom. The first-order chi connectivity index (χ1) is 9.54. The standard InChI is InChI=1S/C15H12Cl2FNO/c16-8-1-3-12(18)10(5-8)15-7-13(19)11-6-9(17)2-4-14(11)20-15/h1-6,13,15H,7,19H2. The quantitative estimate of drug-likeness (QED) is 0.831. The van der Waals surface area contributed by atoms with Gasteiger partial charge in [0.15, 0.2) is 0 Å². The maximum absolute atomic E-state index is 13.9. The minimum Gasteiger partial charge on any atom is -0.485 e. The monoisotopic (exact) mass is 311 g/mol. The number of hydrogen-bond donors (Lipinski definition) is 1. The van der Waals surface area contributed by atoms with Crippen molar-refractivity contribution in [1.82, 2.24) is 0 Å². The molecule has 1 heterocycles. The van der Waals surface area contributed by atoms with Crippen molar-refractivity contribution < 1.29 is 9.13 Å². The molecule has 2 atom stereocenters. The first-order valence-electron chi connectivity index (χ1n) is 6.21. The SMILES string of the molecule is NC1CC(c2cc(Cl)ccc2F)Oc2ccc(Cl)cc21. The maximum Gasteiger partial charge on any atom is 0.130 e. The number of benzene rings is 2. The molecular weight excluding hydrogens is 300 g/mol. The molecule has 0 bridgehead atoms. The molecule has 0 saturated carbocycles. The third-order valence-electron chi connectivity index (χ3n) is 3.41. The Morgan fingerprint density at radius 2 is 1.70 bits per heavy atom. The van der Waals surface area contributed by atoms with Crippen molar-refractivity contribution in [2.24, 2.45) is 5.73 Å². The van der Waals surface area contributed by atoms with Crippen LogP contribution in [0, 0.1) is 5.82 Å². The summed E-state index contributed by atoms with van der Waals surface area (Å²) in [7, 11) is 0. The zero-order valence-corrected chi connectivity index (χ0v) is 12.0. The molecule has 3 rings (SSSR count). The van der Waals surface area contributed by atoms with Crippen LogP contribution in [0.5, 0.6) is 5.75 Å². The lowest BCUT2D eigenvalue weighted by molar-refractivity contribution is 0.157. The molecule has 2 aromatic carbocycles. The van der Waals surface area contributed by atoms with Crippen LogP contribution in [-0.2, 0) is 0 Å². The molecule has 2 unspecified atom stereocenters. The highest BCUT2D eigenvalue weighted by Crippen LogP contribution is 2.41. The van der Waals surface area contributed by atoms with Gasteiger partial charge in [-0.25, -0.2) is 4.39 Å². The van der Waals surface area contributed by atoms with Gasteiger partial charge in [-0.3, -0.25) is 0 Å². The topological polar surface area (TPSA) is 35.2 Å². The van der Waals surface area contributed by atoms with E-state index in [4.69, 9.17) is 33.7 Å². The van der Waals surface area contributed by atoms with E-state index in [9.17, 15) is 4.39 Å². The van der Waals surface area contributed by atoms with Crippen molar-refractivity contribution in [1.29, 1.82) is 0 Å². The average molecular weight is 312 g/mol. The number of nitrogens with two attached hydrogens (primary N) is 1. The summed E-state index contributed by atoms with van der Waals surface area (Å²) >= 11 is 11.9. The van der Waals surface area contributed by atoms with Gasteiger partial charge in [0.25, 0.3) is 0 Å². The van der Waals surface area contributed by atoms with E-state index in [1.807, 2.05) is 0 Å². The van der Waals surface area contributed by atoms with E-state index in [-0.39, 0.29) is 11.9 Å². The molecule has 0 fully saturated rings.